The van der Waals surface area contributed by atoms with Crippen LogP contribution < -0.4 is 15.8 Å². The molecule has 0 saturated carbocycles. The molecular weight excluding hydrogens is 531 g/mol. The number of carboxylic acid groups (broad SMARTS) is 1. The SMILES string of the molecule is CC#CCn1c(N2CCNCC2)nc2nc(Sc3ccc([N+](=O)[O-])cc3)n(C)c(=O)c21.O=C(O)C(F)(F)F. The second kappa shape index (κ2) is 12.0. The molecule has 0 aliphatic carbocycles. The van der Waals surface area contributed by atoms with Crippen LogP contribution in [0.1, 0.15) is 6.92 Å². The van der Waals surface area contributed by atoms with Crippen molar-refractivity contribution in [3.8, 4) is 11.8 Å². The second-order valence-corrected chi connectivity index (χ2v) is 8.79. The van der Waals surface area contributed by atoms with E-state index in [1.54, 1.807) is 26.1 Å². The van der Waals surface area contributed by atoms with Crippen molar-refractivity contribution < 1.29 is 28.0 Å². The van der Waals surface area contributed by atoms with Crippen LogP contribution in [0.3, 0.4) is 0 Å². The van der Waals surface area contributed by atoms with Crippen LogP contribution in [-0.2, 0) is 18.4 Å². The van der Waals surface area contributed by atoms with Gasteiger partial charge in [0, 0.05) is 50.3 Å². The number of nitrogens with one attached hydrogen (secondary N) is 1. The average Bonchev–Trinajstić information content (AvgIpc) is 3.24. The van der Waals surface area contributed by atoms with Crippen molar-refractivity contribution in [3.63, 3.8) is 0 Å². The molecule has 2 N–H and O–H groups in total. The average molecular weight is 554 g/mol. The maximum Gasteiger partial charge on any atom is 0.490 e. The van der Waals surface area contributed by atoms with Crippen LogP contribution in [0.15, 0.2) is 39.1 Å². The number of hydrogen-bond acceptors (Lipinski definition) is 9. The van der Waals surface area contributed by atoms with Crippen molar-refractivity contribution in [1.82, 2.24) is 24.4 Å². The first kappa shape index (κ1) is 28.5. The molecule has 2 aromatic heterocycles. The highest BCUT2D eigenvalue weighted by molar-refractivity contribution is 7.99. The monoisotopic (exact) mass is 553 g/mol. The number of benzene rings is 1. The quantitative estimate of drug-likeness (QED) is 0.209. The summed E-state index contributed by atoms with van der Waals surface area (Å²) in [5, 5.41) is 21.8. The summed E-state index contributed by atoms with van der Waals surface area (Å²) in [6, 6.07) is 6.14. The molecule has 3 aromatic rings. The molecule has 1 aliphatic rings. The number of piperazine rings is 1. The number of fused-ring (bicyclic) bond motifs is 1. The lowest BCUT2D eigenvalue weighted by atomic mass is 10.3. The van der Waals surface area contributed by atoms with E-state index in [0.29, 0.717) is 28.8 Å². The molecular formula is C22H22F3N7O5S. The van der Waals surface area contributed by atoms with Crippen LogP contribution in [0, 0.1) is 22.0 Å². The number of aliphatic carboxylic acids is 1. The molecule has 12 nitrogen and oxygen atoms in total. The molecule has 3 heterocycles. The van der Waals surface area contributed by atoms with E-state index in [1.165, 1.54) is 28.5 Å². The van der Waals surface area contributed by atoms with Crippen molar-refractivity contribution >= 4 is 40.5 Å². The van der Waals surface area contributed by atoms with Gasteiger partial charge in [-0.15, -0.1) is 5.92 Å². The zero-order valence-electron chi connectivity index (χ0n) is 20.2. The van der Waals surface area contributed by atoms with E-state index >= 15 is 0 Å². The third-order valence-electron chi connectivity index (χ3n) is 5.24. The number of halogens is 3. The molecule has 1 saturated heterocycles. The van der Waals surface area contributed by atoms with Gasteiger partial charge in [-0.2, -0.15) is 18.2 Å². The molecule has 0 bridgehead atoms. The highest BCUT2D eigenvalue weighted by Crippen LogP contribution is 2.28. The third kappa shape index (κ3) is 6.61. The summed E-state index contributed by atoms with van der Waals surface area (Å²) in [4.78, 5) is 44.8. The number of rotatable bonds is 5. The number of nitro benzene ring substituents is 1. The van der Waals surface area contributed by atoms with Crippen LogP contribution >= 0.6 is 11.8 Å². The van der Waals surface area contributed by atoms with Gasteiger partial charge in [0.15, 0.2) is 16.3 Å². The number of non-ortho nitro benzene ring substituents is 1. The van der Waals surface area contributed by atoms with E-state index in [0.717, 1.165) is 31.1 Å². The number of anilines is 1. The first-order valence-electron chi connectivity index (χ1n) is 11.0. The maximum atomic E-state index is 13.2. The highest BCUT2D eigenvalue weighted by atomic mass is 32.2. The van der Waals surface area contributed by atoms with Gasteiger partial charge in [0.05, 0.1) is 11.5 Å². The molecule has 1 aromatic carbocycles. The Morgan fingerprint density at radius 2 is 1.84 bits per heavy atom. The van der Waals surface area contributed by atoms with Gasteiger partial charge in [-0.25, -0.2) is 9.78 Å². The summed E-state index contributed by atoms with van der Waals surface area (Å²) >= 11 is 1.26. The molecule has 0 atom stereocenters. The zero-order chi connectivity index (χ0) is 28.0. The molecule has 1 fully saturated rings. The van der Waals surface area contributed by atoms with E-state index in [9.17, 15) is 28.1 Å². The molecule has 38 heavy (non-hydrogen) atoms. The van der Waals surface area contributed by atoms with Crippen LogP contribution in [0.4, 0.5) is 24.8 Å². The fraction of sp³-hybridized carbons (Fsp3) is 0.364. The highest BCUT2D eigenvalue weighted by Gasteiger charge is 2.38. The number of hydrogen-bond donors (Lipinski definition) is 2. The molecule has 4 rings (SSSR count). The number of carbonyl (C=O) groups is 1. The van der Waals surface area contributed by atoms with Gasteiger partial charge >= 0.3 is 12.1 Å². The molecule has 0 radical (unpaired) electrons. The number of nitro groups is 1. The Kier molecular flexibility index (Phi) is 8.96. The normalized spacial score (nSPS) is 13.3. The predicted octanol–water partition coefficient (Wildman–Crippen LogP) is 2.26. The Balaban J connectivity index is 0.000000505. The minimum Gasteiger partial charge on any atom is -0.475 e. The summed E-state index contributed by atoms with van der Waals surface area (Å²) in [7, 11) is 1.66. The topological polar surface area (TPSA) is 148 Å². The number of carboxylic acids is 1. The van der Waals surface area contributed by atoms with E-state index in [4.69, 9.17) is 14.9 Å². The van der Waals surface area contributed by atoms with Gasteiger partial charge < -0.3 is 15.3 Å². The van der Waals surface area contributed by atoms with E-state index < -0.39 is 17.1 Å². The Bertz CT molecular complexity index is 1450. The van der Waals surface area contributed by atoms with Crippen molar-refractivity contribution in [3.05, 3.63) is 44.7 Å². The van der Waals surface area contributed by atoms with Gasteiger partial charge in [0.25, 0.3) is 11.2 Å². The van der Waals surface area contributed by atoms with Crippen molar-refractivity contribution in [2.45, 2.75) is 29.7 Å². The van der Waals surface area contributed by atoms with E-state index in [-0.39, 0.29) is 11.2 Å². The van der Waals surface area contributed by atoms with Crippen molar-refractivity contribution in [1.29, 1.82) is 0 Å². The minimum atomic E-state index is -5.08. The second-order valence-electron chi connectivity index (χ2n) is 7.75. The molecule has 1 aliphatic heterocycles. The summed E-state index contributed by atoms with van der Waals surface area (Å²) in [5.41, 5.74) is 0.602. The summed E-state index contributed by atoms with van der Waals surface area (Å²) in [6.45, 7) is 5.38. The summed E-state index contributed by atoms with van der Waals surface area (Å²) in [5.74, 6) is 3.85. The lowest BCUT2D eigenvalue weighted by Gasteiger charge is -2.28. The van der Waals surface area contributed by atoms with Gasteiger partial charge in [0.2, 0.25) is 5.95 Å². The zero-order valence-corrected chi connectivity index (χ0v) is 21.0. The maximum absolute atomic E-state index is 13.2. The molecule has 0 amide bonds. The number of nitrogens with zero attached hydrogens (tertiary/aromatic N) is 6. The van der Waals surface area contributed by atoms with Gasteiger partial charge in [-0.3, -0.25) is 24.0 Å². The first-order chi connectivity index (χ1) is 17.9. The van der Waals surface area contributed by atoms with Crippen molar-refractivity contribution in [2.24, 2.45) is 7.05 Å². The van der Waals surface area contributed by atoms with Crippen LogP contribution in [0.25, 0.3) is 11.2 Å². The summed E-state index contributed by atoms with van der Waals surface area (Å²) in [6.07, 6.45) is -5.08. The van der Waals surface area contributed by atoms with Crippen LogP contribution in [0.5, 0.6) is 0 Å². The van der Waals surface area contributed by atoms with Gasteiger partial charge in [-0.1, -0.05) is 17.7 Å². The van der Waals surface area contributed by atoms with Gasteiger partial charge in [0.1, 0.15) is 0 Å². The Morgan fingerprint density at radius 3 is 2.37 bits per heavy atom. The Labute approximate surface area is 217 Å². The van der Waals surface area contributed by atoms with E-state index in [1.807, 2.05) is 4.57 Å². The smallest absolute Gasteiger partial charge is 0.475 e. The third-order valence-corrected chi connectivity index (χ3v) is 6.29. The first-order valence-corrected chi connectivity index (χ1v) is 11.8. The predicted molar refractivity (Wildman–Crippen MR) is 132 cm³/mol. The van der Waals surface area contributed by atoms with Gasteiger partial charge in [-0.05, 0) is 19.1 Å². The number of imidazole rings is 1. The fourth-order valence-corrected chi connectivity index (χ4v) is 4.21. The molecule has 202 valence electrons. The number of alkyl halides is 3. The Morgan fingerprint density at radius 1 is 1.24 bits per heavy atom. The fourth-order valence-electron chi connectivity index (χ4n) is 3.38. The summed E-state index contributed by atoms with van der Waals surface area (Å²) < 4.78 is 35.1. The van der Waals surface area contributed by atoms with E-state index in [2.05, 4.69) is 27.0 Å². The lowest BCUT2D eigenvalue weighted by Crippen LogP contribution is -2.44. The lowest BCUT2D eigenvalue weighted by molar-refractivity contribution is -0.384. The van der Waals surface area contributed by atoms with Crippen molar-refractivity contribution in [2.75, 3.05) is 31.1 Å². The molecule has 16 heteroatoms. The largest absolute Gasteiger partial charge is 0.490 e. The molecule has 0 unspecified atom stereocenters. The number of aromatic nitrogens is 4. The van der Waals surface area contributed by atoms with Crippen LogP contribution in [0.2, 0.25) is 0 Å². The van der Waals surface area contributed by atoms with Crippen LogP contribution in [-0.4, -0.2) is 67.5 Å². The Hall–Kier alpha value is -4.10. The minimum absolute atomic E-state index is 0.0121. The standard InChI is InChI=1S/C20H21N7O3S.C2HF3O2/c1-3-4-11-26-16-17(22-19(26)25-12-9-21-10-13-25)23-20(24(2)18(16)28)31-15-7-5-14(6-8-15)27(29)30;3-2(4,5)1(6)7/h5-8,21H,9-13H2,1-2H3;(H,6,7). The molecule has 0 spiro atoms.